The number of aliphatic carboxylic acids is 1. The summed E-state index contributed by atoms with van der Waals surface area (Å²) in [6, 6.07) is 4.84. The summed E-state index contributed by atoms with van der Waals surface area (Å²) in [5.74, 6) is -1.29. The molecular formula is C11H12FNO2S. The molecule has 0 bridgehead atoms. The van der Waals surface area contributed by atoms with Crippen molar-refractivity contribution in [3.05, 3.63) is 24.0 Å². The number of hydrogen-bond donors (Lipinski definition) is 1. The molecule has 1 aliphatic rings. The highest BCUT2D eigenvalue weighted by Gasteiger charge is 2.26. The number of para-hydroxylation sites is 1. The van der Waals surface area contributed by atoms with E-state index >= 15 is 0 Å². The van der Waals surface area contributed by atoms with E-state index in [9.17, 15) is 9.18 Å². The Bertz CT molecular complexity index is 424. The maximum absolute atomic E-state index is 13.7. The quantitative estimate of drug-likeness (QED) is 0.861. The van der Waals surface area contributed by atoms with E-state index < -0.39 is 5.97 Å². The van der Waals surface area contributed by atoms with E-state index in [-0.39, 0.29) is 17.6 Å². The molecule has 0 saturated carbocycles. The van der Waals surface area contributed by atoms with Gasteiger partial charge in [-0.15, -0.1) is 11.8 Å². The lowest BCUT2D eigenvalue weighted by Crippen LogP contribution is -2.37. The highest BCUT2D eigenvalue weighted by atomic mass is 32.2. The Morgan fingerprint density at radius 2 is 2.44 bits per heavy atom. The lowest BCUT2D eigenvalue weighted by atomic mass is 10.2. The second-order valence-electron chi connectivity index (χ2n) is 3.79. The predicted molar refractivity (Wildman–Crippen MR) is 61.6 cm³/mol. The summed E-state index contributed by atoms with van der Waals surface area (Å²) in [6.07, 6.45) is 0. The van der Waals surface area contributed by atoms with Crippen molar-refractivity contribution in [1.82, 2.24) is 0 Å². The van der Waals surface area contributed by atoms with Gasteiger partial charge in [-0.2, -0.15) is 0 Å². The zero-order chi connectivity index (χ0) is 11.7. The smallest absolute Gasteiger partial charge is 0.323 e. The van der Waals surface area contributed by atoms with Crippen LogP contribution in [-0.2, 0) is 4.79 Å². The number of hydrogen-bond acceptors (Lipinski definition) is 3. The molecular weight excluding hydrogens is 229 g/mol. The number of anilines is 1. The average molecular weight is 241 g/mol. The highest BCUT2D eigenvalue weighted by molar-refractivity contribution is 8.00. The molecule has 0 radical (unpaired) electrons. The van der Waals surface area contributed by atoms with Crippen LogP contribution >= 0.6 is 11.8 Å². The first-order chi connectivity index (χ1) is 7.58. The van der Waals surface area contributed by atoms with Crippen LogP contribution in [0.3, 0.4) is 0 Å². The van der Waals surface area contributed by atoms with Gasteiger partial charge in [0, 0.05) is 16.7 Å². The highest BCUT2D eigenvalue weighted by Crippen LogP contribution is 2.39. The predicted octanol–water partition coefficient (Wildman–Crippen LogP) is 2.21. The molecule has 2 rings (SSSR count). The fourth-order valence-electron chi connectivity index (χ4n) is 1.86. The second-order valence-corrected chi connectivity index (χ2v) is 5.27. The van der Waals surface area contributed by atoms with Crippen LogP contribution in [0.15, 0.2) is 23.1 Å². The van der Waals surface area contributed by atoms with Gasteiger partial charge in [0.25, 0.3) is 0 Å². The molecule has 3 nitrogen and oxygen atoms in total. The van der Waals surface area contributed by atoms with Crippen LogP contribution in [0.4, 0.5) is 10.1 Å². The molecule has 86 valence electrons. The van der Waals surface area contributed by atoms with E-state index in [0.29, 0.717) is 12.2 Å². The minimum atomic E-state index is -0.937. The van der Waals surface area contributed by atoms with Crippen molar-refractivity contribution >= 4 is 23.4 Å². The number of carboxylic acid groups (broad SMARTS) is 1. The Morgan fingerprint density at radius 3 is 3.12 bits per heavy atom. The average Bonchev–Trinajstić information content (AvgIpc) is 2.15. The van der Waals surface area contributed by atoms with E-state index in [1.807, 2.05) is 13.0 Å². The first-order valence-electron chi connectivity index (χ1n) is 5.00. The van der Waals surface area contributed by atoms with Crippen molar-refractivity contribution in [3.63, 3.8) is 0 Å². The van der Waals surface area contributed by atoms with Gasteiger partial charge < -0.3 is 10.0 Å². The molecule has 1 N–H and O–H groups in total. The number of halogens is 1. The zero-order valence-electron chi connectivity index (χ0n) is 8.81. The molecule has 0 amide bonds. The van der Waals surface area contributed by atoms with Gasteiger partial charge >= 0.3 is 5.97 Å². The molecule has 1 heterocycles. The molecule has 0 aromatic heterocycles. The van der Waals surface area contributed by atoms with E-state index in [1.54, 1.807) is 22.7 Å². The first kappa shape index (κ1) is 11.3. The van der Waals surface area contributed by atoms with Gasteiger partial charge in [0.05, 0.1) is 5.69 Å². The lowest BCUT2D eigenvalue weighted by molar-refractivity contribution is -0.135. The molecule has 1 atom stereocenters. The SMILES string of the molecule is CC1CN(CC(=O)O)c2c(F)cccc2S1. The van der Waals surface area contributed by atoms with Gasteiger partial charge in [-0.25, -0.2) is 4.39 Å². The maximum atomic E-state index is 13.7. The summed E-state index contributed by atoms with van der Waals surface area (Å²) in [5.41, 5.74) is 0.424. The third-order valence-corrected chi connectivity index (χ3v) is 3.53. The molecule has 0 fully saturated rings. The summed E-state index contributed by atoms with van der Waals surface area (Å²) >= 11 is 1.58. The number of carbonyl (C=O) groups is 1. The third kappa shape index (κ3) is 2.14. The molecule has 1 unspecified atom stereocenters. The molecule has 0 spiro atoms. The van der Waals surface area contributed by atoms with Gasteiger partial charge in [0.15, 0.2) is 0 Å². The molecule has 0 aliphatic carbocycles. The van der Waals surface area contributed by atoms with Crippen LogP contribution in [0, 0.1) is 5.82 Å². The third-order valence-electron chi connectivity index (χ3n) is 2.40. The van der Waals surface area contributed by atoms with E-state index in [0.717, 1.165) is 4.90 Å². The van der Waals surface area contributed by atoms with Crippen molar-refractivity contribution in [2.75, 3.05) is 18.0 Å². The van der Waals surface area contributed by atoms with Crippen molar-refractivity contribution in [3.8, 4) is 0 Å². The number of rotatable bonds is 2. The van der Waals surface area contributed by atoms with Crippen LogP contribution in [0.5, 0.6) is 0 Å². The first-order valence-corrected chi connectivity index (χ1v) is 5.88. The van der Waals surface area contributed by atoms with Gasteiger partial charge in [0.1, 0.15) is 12.4 Å². The van der Waals surface area contributed by atoms with Gasteiger partial charge in [-0.1, -0.05) is 13.0 Å². The lowest BCUT2D eigenvalue weighted by Gasteiger charge is -2.33. The van der Waals surface area contributed by atoms with Crippen LogP contribution in [0.1, 0.15) is 6.92 Å². The minimum Gasteiger partial charge on any atom is -0.480 e. The van der Waals surface area contributed by atoms with Crippen molar-refractivity contribution in [2.24, 2.45) is 0 Å². The number of thioether (sulfide) groups is 1. The number of fused-ring (bicyclic) bond motifs is 1. The summed E-state index contributed by atoms with van der Waals surface area (Å²) < 4.78 is 13.7. The molecule has 1 aromatic carbocycles. The number of nitrogens with zero attached hydrogens (tertiary/aromatic N) is 1. The monoisotopic (exact) mass is 241 g/mol. The molecule has 1 aromatic rings. The summed E-state index contributed by atoms with van der Waals surface area (Å²) in [4.78, 5) is 13.1. The largest absolute Gasteiger partial charge is 0.480 e. The van der Waals surface area contributed by atoms with Crippen molar-refractivity contribution in [1.29, 1.82) is 0 Å². The molecule has 1 aliphatic heterocycles. The zero-order valence-corrected chi connectivity index (χ0v) is 9.63. The summed E-state index contributed by atoms with van der Waals surface area (Å²) in [5, 5.41) is 9.07. The topological polar surface area (TPSA) is 40.5 Å². The summed E-state index contributed by atoms with van der Waals surface area (Å²) in [7, 11) is 0. The second kappa shape index (κ2) is 4.33. The maximum Gasteiger partial charge on any atom is 0.323 e. The fourth-order valence-corrected chi connectivity index (χ4v) is 3.04. The van der Waals surface area contributed by atoms with Crippen LogP contribution in [0.2, 0.25) is 0 Å². The molecule has 16 heavy (non-hydrogen) atoms. The van der Waals surface area contributed by atoms with Crippen LogP contribution in [0.25, 0.3) is 0 Å². The molecule has 0 saturated heterocycles. The van der Waals surface area contributed by atoms with Crippen molar-refractivity contribution < 1.29 is 14.3 Å². The minimum absolute atomic E-state index is 0.154. The van der Waals surface area contributed by atoms with E-state index in [2.05, 4.69) is 0 Å². The Morgan fingerprint density at radius 1 is 1.69 bits per heavy atom. The van der Waals surface area contributed by atoms with E-state index in [4.69, 9.17) is 5.11 Å². The van der Waals surface area contributed by atoms with Gasteiger partial charge in [-0.05, 0) is 12.1 Å². The van der Waals surface area contributed by atoms with Crippen molar-refractivity contribution in [2.45, 2.75) is 17.1 Å². The van der Waals surface area contributed by atoms with Gasteiger partial charge in [-0.3, -0.25) is 4.79 Å². The normalized spacial score (nSPS) is 19.4. The summed E-state index contributed by atoms with van der Waals surface area (Å²) in [6.45, 7) is 2.41. The standard InChI is InChI=1S/C11H12FNO2S/c1-7-5-13(6-10(14)15)11-8(12)3-2-4-9(11)16-7/h2-4,7H,5-6H2,1H3,(H,14,15). The van der Waals surface area contributed by atoms with Crippen LogP contribution in [-0.4, -0.2) is 29.4 Å². The molecule has 5 heteroatoms. The van der Waals surface area contributed by atoms with Gasteiger partial charge in [0.2, 0.25) is 0 Å². The Kier molecular flexibility index (Phi) is 3.05. The van der Waals surface area contributed by atoms with Crippen LogP contribution < -0.4 is 4.90 Å². The fraction of sp³-hybridized carbons (Fsp3) is 0.364. The Hall–Kier alpha value is -1.23. The Labute approximate surface area is 97.3 Å². The Balaban J connectivity index is 2.39. The number of carboxylic acids is 1. The number of benzene rings is 1. The van der Waals surface area contributed by atoms with E-state index in [1.165, 1.54) is 6.07 Å².